The van der Waals surface area contributed by atoms with Crippen LogP contribution in [0.5, 0.6) is 0 Å². The Morgan fingerprint density at radius 2 is 1.00 bits per heavy atom. The first-order chi connectivity index (χ1) is 0. The zero-order valence-corrected chi connectivity index (χ0v) is 5.09. The zero-order chi connectivity index (χ0) is 0. The Labute approximate surface area is 58.3 Å². The maximum Gasteiger partial charge on any atom is 0 e. The van der Waals surface area contributed by atoms with Crippen LogP contribution in [0.4, 0.5) is 0 Å². The second-order valence-corrected chi connectivity index (χ2v) is 0. The molecule has 0 rings (SSSR count). The van der Waals surface area contributed by atoms with Gasteiger partial charge in [0.15, 0.2) is 0 Å². The molecular formula is CAlMnNi. The third-order valence-electron chi connectivity index (χ3n) is 0. The third-order valence-corrected chi connectivity index (χ3v) is 0. The van der Waals surface area contributed by atoms with Crippen LogP contribution in [0.3, 0.4) is 0 Å². The largest absolute Gasteiger partial charge is 0 e. The molecular weight excluding hydrogens is 153 g/mol. The summed E-state index contributed by atoms with van der Waals surface area (Å²) in [6.07, 6.45) is 0. The normalized spacial score (nSPS) is 0. The fraction of sp³-hybridized carbons (Fsp3) is 0. The van der Waals surface area contributed by atoms with Gasteiger partial charge >= 0.3 is 0 Å². The molecule has 0 bridgehead atoms. The van der Waals surface area contributed by atoms with Crippen LogP contribution >= 0.6 is 0 Å². The van der Waals surface area contributed by atoms with Crippen LogP contribution in [0.15, 0.2) is 0 Å². The molecule has 0 saturated heterocycles. The first-order valence-electron chi connectivity index (χ1n) is 0. The maximum absolute atomic E-state index is 0. The molecule has 4 heavy (non-hydrogen) atoms. The van der Waals surface area contributed by atoms with E-state index in [2.05, 4.69) is 0 Å². The van der Waals surface area contributed by atoms with Gasteiger partial charge in [-0.1, -0.05) is 0 Å². The number of hydrogen-bond acceptors (Lipinski definition) is 0. The van der Waals surface area contributed by atoms with Crippen LogP contribution in [0.1, 0.15) is 0 Å². The van der Waals surface area contributed by atoms with Gasteiger partial charge in [0.1, 0.15) is 0 Å². The zero-order valence-electron chi connectivity index (χ0n) is 1.77. The first kappa shape index (κ1) is 48.0. The Morgan fingerprint density at radius 1 is 1.00 bits per heavy atom. The fourth-order valence-corrected chi connectivity index (χ4v) is 0. The minimum Gasteiger partial charge on any atom is 0 e. The van der Waals surface area contributed by atoms with Crippen molar-refractivity contribution in [1.29, 1.82) is 0 Å². The molecule has 0 amide bonds. The van der Waals surface area contributed by atoms with Crippen molar-refractivity contribution in [3.05, 3.63) is 7.43 Å². The van der Waals surface area contributed by atoms with Crippen molar-refractivity contribution in [2.75, 3.05) is 0 Å². The van der Waals surface area contributed by atoms with Gasteiger partial charge in [-0.05, 0) is 0 Å². The van der Waals surface area contributed by atoms with Crippen molar-refractivity contribution < 1.29 is 33.6 Å². The first-order valence-corrected chi connectivity index (χ1v) is 0. The monoisotopic (exact) mass is 152 g/mol. The molecule has 0 aromatic rings. The predicted octanol–water partition coefficient (Wildman–Crippen LogP) is -0.305. The van der Waals surface area contributed by atoms with Gasteiger partial charge in [0.05, 0.1) is 0 Å². The molecule has 0 N–H and O–H groups in total. The Bertz CT molecular complexity index is 8.00. The molecule has 8 radical (unpaired) electrons. The van der Waals surface area contributed by atoms with Gasteiger partial charge in [0, 0.05) is 58.3 Å². The molecule has 0 nitrogen and oxygen atoms in total. The summed E-state index contributed by atoms with van der Waals surface area (Å²) in [5.74, 6) is 0. The van der Waals surface area contributed by atoms with E-state index in [-0.39, 0.29) is 58.3 Å². The molecule has 24 valence electrons. The van der Waals surface area contributed by atoms with Gasteiger partial charge in [-0.25, -0.2) is 0 Å². The quantitative estimate of drug-likeness (QED) is 0.418. The van der Waals surface area contributed by atoms with Gasteiger partial charge in [-0.3, -0.25) is 0 Å². The van der Waals surface area contributed by atoms with Crippen LogP contribution in [-0.4, -0.2) is 17.4 Å². The molecule has 0 spiro atoms. The van der Waals surface area contributed by atoms with Gasteiger partial charge in [0.25, 0.3) is 0 Å². The van der Waals surface area contributed by atoms with Gasteiger partial charge in [-0.15, -0.1) is 0 Å². The standard InChI is InChI=1S/C.Al.Mn.Ni. The molecule has 0 fully saturated rings. The SMILES string of the molecule is [Al].[C].[Mn].[Ni]. The summed E-state index contributed by atoms with van der Waals surface area (Å²) in [7, 11) is 0. The average Bonchev–Trinajstić information content (AvgIpc) is 0. The summed E-state index contributed by atoms with van der Waals surface area (Å²) in [6.45, 7) is 0. The van der Waals surface area contributed by atoms with Crippen LogP contribution in [0.2, 0.25) is 0 Å². The summed E-state index contributed by atoms with van der Waals surface area (Å²) in [5.41, 5.74) is 0. The van der Waals surface area contributed by atoms with Crippen molar-refractivity contribution in [2.45, 2.75) is 0 Å². The summed E-state index contributed by atoms with van der Waals surface area (Å²) >= 11 is 0. The van der Waals surface area contributed by atoms with Crippen molar-refractivity contribution in [3.8, 4) is 0 Å². The van der Waals surface area contributed by atoms with Crippen LogP contribution in [0.25, 0.3) is 0 Å². The topological polar surface area (TPSA) is 0 Å². The number of rotatable bonds is 0. The van der Waals surface area contributed by atoms with E-state index in [1.54, 1.807) is 0 Å². The third kappa shape index (κ3) is 9.62. The van der Waals surface area contributed by atoms with E-state index in [0.717, 1.165) is 0 Å². The minimum absolute atomic E-state index is 0. The Kier molecular flexibility index (Phi) is 287. The Balaban J connectivity index is 0. The molecule has 0 unspecified atom stereocenters. The average molecular weight is 153 g/mol. The Morgan fingerprint density at radius 3 is 1.00 bits per heavy atom. The maximum atomic E-state index is 0. The predicted molar refractivity (Wildman–Crippen MR) is 9.00 cm³/mol. The second-order valence-electron chi connectivity index (χ2n) is 0. The van der Waals surface area contributed by atoms with Crippen molar-refractivity contribution >= 4 is 17.4 Å². The molecule has 0 aromatic carbocycles. The summed E-state index contributed by atoms with van der Waals surface area (Å²) in [4.78, 5) is 0. The second kappa shape index (κ2) is 23.9. The fourth-order valence-electron chi connectivity index (χ4n) is 0. The number of hydrogen-bond donors (Lipinski definition) is 0. The summed E-state index contributed by atoms with van der Waals surface area (Å²) in [6, 6.07) is 0. The van der Waals surface area contributed by atoms with Crippen molar-refractivity contribution in [2.24, 2.45) is 0 Å². The van der Waals surface area contributed by atoms with Crippen molar-refractivity contribution in [1.82, 2.24) is 0 Å². The van der Waals surface area contributed by atoms with E-state index in [9.17, 15) is 0 Å². The van der Waals surface area contributed by atoms with Crippen molar-refractivity contribution in [3.63, 3.8) is 0 Å². The molecule has 0 aliphatic heterocycles. The van der Waals surface area contributed by atoms with E-state index in [1.807, 2.05) is 0 Å². The van der Waals surface area contributed by atoms with E-state index in [0.29, 0.717) is 0 Å². The van der Waals surface area contributed by atoms with Gasteiger partial charge in [-0.2, -0.15) is 0 Å². The van der Waals surface area contributed by atoms with Crippen LogP contribution < -0.4 is 0 Å². The molecule has 0 aliphatic rings. The van der Waals surface area contributed by atoms with Crippen LogP contribution in [0, 0.1) is 7.43 Å². The smallest absolute Gasteiger partial charge is 0 e. The molecule has 3 heteroatoms. The molecule has 0 heterocycles. The molecule has 0 saturated carbocycles. The molecule has 0 aliphatic carbocycles. The van der Waals surface area contributed by atoms with E-state index in [4.69, 9.17) is 0 Å². The summed E-state index contributed by atoms with van der Waals surface area (Å²) < 4.78 is 0. The van der Waals surface area contributed by atoms with E-state index in [1.165, 1.54) is 0 Å². The summed E-state index contributed by atoms with van der Waals surface area (Å²) in [5, 5.41) is 0. The Hall–Kier alpha value is 1.55. The van der Waals surface area contributed by atoms with Gasteiger partial charge < -0.3 is 0 Å². The van der Waals surface area contributed by atoms with E-state index >= 15 is 0 Å². The van der Waals surface area contributed by atoms with Crippen LogP contribution in [-0.2, 0) is 33.6 Å². The molecule has 0 atom stereocenters. The minimum atomic E-state index is 0. The van der Waals surface area contributed by atoms with Gasteiger partial charge in [0.2, 0.25) is 0 Å². The molecule has 0 aromatic heterocycles. The van der Waals surface area contributed by atoms with E-state index < -0.39 is 0 Å².